The Morgan fingerprint density at radius 2 is 1.50 bits per heavy atom. The summed E-state index contributed by atoms with van der Waals surface area (Å²) in [7, 11) is -1.27. The summed E-state index contributed by atoms with van der Waals surface area (Å²) < 4.78 is 6.16. The highest BCUT2D eigenvalue weighted by Gasteiger charge is 2.37. The Balaban J connectivity index is 2.57. The normalized spacial score (nSPS) is 14.7. The molecule has 0 amide bonds. The Morgan fingerprint density at radius 3 is 2.07 bits per heavy atom. The molecule has 1 aliphatic rings. The van der Waals surface area contributed by atoms with Crippen molar-refractivity contribution in [1.29, 1.82) is 0 Å². The molecule has 30 heavy (non-hydrogen) atoms. The fourth-order valence-corrected chi connectivity index (χ4v) is 11.7. The van der Waals surface area contributed by atoms with Crippen LogP contribution in [0.3, 0.4) is 0 Å². The van der Waals surface area contributed by atoms with E-state index in [4.69, 9.17) is 4.74 Å². The van der Waals surface area contributed by atoms with E-state index in [1.54, 1.807) is 15.6 Å². The van der Waals surface area contributed by atoms with E-state index in [1.807, 2.05) is 7.11 Å². The minimum Gasteiger partial charge on any atom is -0.497 e. The first-order valence-electron chi connectivity index (χ1n) is 12.3. The van der Waals surface area contributed by atoms with Crippen LogP contribution in [-0.2, 0) is 12.8 Å². The third-order valence-electron chi connectivity index (χ3n) is 6.72. The number of rotatable bonds is 12. The molecule has 1 aliphatic carbocycles. The smallest absolute Gasteiger partial charge is 0.121 e. The van der Waals surface area contributed by atoms with Crippen LogP contribution >= 0.6 is 0 Å². The van der Waals surface area contributed by atoms with Gasteiger partial charge >= 0.3 is 0 Å². The van der Waals surface area contributed by atoms with Crippen molar-refractivity contribution < 1.29 is 4.74 Å². The zero-order valence-corrected chi connectivity index (χ0v) is 23.1. The van der Waals surface area contributed by atoms with Crippen molar-refractivity contribution in [1.82, 2.24) is 0 Å². The Bertz CT molecular complexity index is 766. The number of ether oxygens (including phenoxy) is 1. The predicted octanol–water partition coefficient (Wildman–Crippen LogP) is 7.75. The summed E-state index contributed by atoms with van der Waals surface area (Å²) in [5, 5.41) is 5.00. The molecule has 2 rings (SSSR count). The van der Waals surface area contributed by atoms with Crippen molar-refractivity contribution >= 4 is 21.3 Å². The fourth-order valence-electron chi connectivity index (χ4n) is 4.90. The maximum Gasteiger partial charge on any atom is 0.121 e. The lowest BCUT2D eigenvalue weighted by Gasteiger charge is -2.32. The molecule has 0 saturated heterocycles. The molecule has 1 aromatic rings. The van der Waals surface area contributed by atoms with Crippen LogP contribution in [0.5, 0.6) is 5.75 Å². The summed E-state index contributed by atoms with van der Waals surface area (Å²) in [6, 6.07) is 5.01. The van der Waals surface area contributed by atoms with Crippen LogP contribution in [0, 0.1) is 0 Å². The maximum atomic E-state index is 6.16. The van der Waals surface area contributed by atoms with Crippen LogP contribution in [0.1, 0.15) is 69.9 Å². The first kappa shape index (κ1) is 25.2. The highest BCUT2D eigenvalue weighted by Crippen LogP contribution is 2.36. The van der Waals surface area contributed by atoms with Gasteiger partial charge in [0.2, 0.25) is 0 Å². The van der Waals surface area contributed by atoms with Crippen LogP contribution < -0.4 is 9.92 Å². The van der Waals surface area contributed by atoms with Gasteiger partial charge in [-0.3, -0.25) is 0 Å². The van der Waals surface area contributed by atoms with Gasteiger partial charge in [-0.1, -0.05) is 107 Å². The van der Waals surface area contributed by atoms with E-state index in [2.05, 4.69) is 70.9 Å². The van der Waals surface area contributed by atoms with Gasteiger partial charge in [0.05, 0.1) is 15.2 Å². The average Bonchev–Trinajstić information content (AvgIpc) is 3.19. The summed E-state index contributed by atoms with van der Waals surface area (Å²) in [6.45, 7) is 17.2. The molecule has 0 saturated carbocycles. The number of aryl methyl sites for hydroxylation is 2. The van der Waals surface area contributed by atoms with Gasteiger partial charge in [0.25, 0.3) is 0 Å². The summed E-state index contributed by atoms with van der Waals surface area (Å²) >= 11 is 0. The summed E-state index contributed by atoms with van der Waals surface area (Å²) in [4.78, 5) is 0. The van der Waals surface area contributed by atoms with Gasteiger partial charge in [-0.25, -0.2) is 0 Å². The quantitative estimate of drug-likeness (QED) is 0.237. The van der Waals surface area contributed by atoms with E-state index in [1.165, 1.54) is 61.8 Å². The average molecular weight is 443 g/mol. The van der Waals surface area contributed by atoms with Gasteiger partial charge in [0.15, 0.2) is 0 Å². The summed E-state index contributed by atoms with van der Waals surface area (Å²) in [6.07, 6.45) is 16.1. The van der Waals surface area contributed by atoms with Crippen molar-refractivity contribution in [3.63, 3.8) is 0 Å². The van der Waals surface area contributed by atoms with Crippen molar-refractivity contribution in [3.05, 3.63) is 45.8 Å². The Morgan fingerprint density at radius 1 is 0.867 bits per heavy atom. The monoisotopic (exact) mass is 442 g/mol. The Labute approximate surface area is 189 Å². The molecule has 0 fully saturated rings. The van der Waals surface area contributed by atoms with E-state index >= 15 is 0 Å². The topological polar surface area (TPSA) is 9.23 Å². The molecular weight excluding hydrogens is 396 g/mol. The molecule has 1 nitrogen and oxygen atoms in total. The SMILES string of the molecule is CCCCCc1cc(CCCCC)c(OC)c([Si](C)(C)C2=C([Si](C)(C)C)C=CC2)c1. The molecule has 0 spiro atoms. The summed E-state index contributed by atoms with van der Waals surface area (Å²) in [5.74, 6) is 1.20. The number of benzene rings is 1. The van der Waals surface area contributed by atoms with Crippen LogP contribution in [0.4, 0.5) is 0 Å². The van der Waals surface area contributed by atoms with Crippen molar-refractivity contribution in [3.8, 4) is 5.75 Å². The zero-order chi connectivity index (χ0) is 22.4. The molecule has 1 aromatic carbocycles. The second-order valence-corrected chi connectivity index (χ2v) is 20.1. The standard InChI is InChI=1S/C27H46OSi2/c1-9-11-13-16-22-20-23(17-14-12-10-2)27(28-3)26(21-22)30(7,8)25-19-15-18-24(25)29(4,5)6/h15,18,20-21H,9-14,16-17,19H2,1-8H3. The van der Waals surface area contributed by atoms with E-state index in [9.17, 15) is 0 Å². The van der Waals surface area contributed by atoms with Gasteiger partial charge in [0.1, 0.15) is 13.8 Å². The van der Waals surface area contributed by atoms with Crippen LogP contribution in [0.2, 0.25) is 32.7 Å². The number of unbranched alkanes of at least 4 members (excludes halogenated alkanes) is 4. The van der Waals surface area contributed by atoms with Gasteiger partial charge in [-0.2, -0.15) is 0 Å². The van der Waals surface area contributed by atoms with Gasteiger partial charge in [-0.15, -0.1) is 0 Å². The second-order valence-electron chi connectivity index (χ2n) is 10.6. The first-order valence-corrected chi connectivity index (χ1v) is 18.8. The first-order chi connectivity index (χ1) is 14.2. The Kier molecular flexibility index (Phi) is 9.23. The second kappa shape index (κ2) is 11.0. The number of methoxy groups -OCH3 is 1. The van der Waals surface area contributed by atoms with Crippen LogP contribution in [0.25, 0.3) is 0 Å². The molecule has 168 valence electrons. The molecule has 0 unspecified atom stereocenters. The largest absolute Gasteiger partial charge is 0.497 e. The molecule has 0 aliphatic heterocycles. The van der Waals surface area contributed by atoms with Crippen molar-refractivity contribution in [2.24, 2.45) is 0 Å². The molecule has 3 heteroatoms. The minimum atomic E-state index is -1.82. The van der Waals surface area contributed by atoms with E-state index < -0.39 is 16.1 Å². The van der Waals surface area contributed by atoms with Crippen molar-refractivity contribution in [2.75, 3.05) is 7.11 Å². The highest BCUT2D eigenvalue weighted by molar-refractivity contribution is 6.98. The number of hydrogen-bond donors (Lipinski definition) is 0. The molecule has 0 atom stereocenters. The lowest BCUT2D eigenvalue weighted by atomic mass is 10.00. The highest BCUT2D eigenvalue weighted by atomic mass is 28.3. The molecule has 0 radical (unpaired) electrons. The third-order valence-corrected chi connectivity index (χ3v) is 12.8. The van der Waals surface area contributed by atoms with Gasteiger partial charge < -0.3 is 4.74 Å². The fraction of sp³-hybridized carbons (Fsp3) is 0.630. The molecule has 0 aromatic heterocycles. The molecule has 0 bridgehead atoms. The lowest BCUT2D eigenvalue weighted by Crippen LogP contribution is -2.46. The number of allylic oxidation sites excluding steroid dienone is 4. The van der Waals surface area contributed by atoms with E-state index in [-0.39, 0.29) is 0 Å². The van der Waals surface area contributed by atoms with Crippen molar-refractivity contribution in [2.45, 2.75) is 104 Å². The number of hydrogen-bond acceptors (Lipinski definition) is 1. The van der Waals surface area contributed by atoms with Gasteiger partial charge in [0, 0.05) is 0 Å². The maximum absolute atomic E-state index is 6.16. The van der Waals surface area contributed by atoms with E-state index in [0.717, 1.165) is 12.8 Å². The van der Waals surface area contributed by atoms with Crippen LogP contribution in [-0.4, -0.2) is 23.3 Å². The Hall–Kier alpha value is -1.07. The molecule has 0 heterocycles. The van der Waals surface area contributed by atoms with Gasteiger partial charge in [-0.05, 0) is 48.4 Å². The minimum absolute atomic E-state index is 1.15. The zero-order valence-electron chi connectivity index (χ0n) is 21.1. The third kappa shape index (κ3) is 6.00. The van der Waals surface area contributed by atoms with E-state index in [0.29, 0.717) is 0 Å². The van der Waals surface area contributed by atoms with Crippen LogP contribution in [0.15, 0.2) is 34.7 Å². The molecule has 0 N–H and O–H groups in total. The summed E-state index contributed by atoms with van der Waals surface area (Å²) in [5.41, 5.74) is 2.99. The predicted molar refractivity (Wildman–Crippen MR) is 141 cm³/mol. The molecular formula is C27H46OSi2. The lowest BCUT2D eigenvalue weighted by molar-refractivity contribution is 0.412.